The average molecular weight is 440 g/mol. The second-order valence-corrected chi connectivity index (χ2v) is 7.79. The van der Waals surface area contributed by atoms with Crippen LogP contribution in [0.2, 0.25) is 10.0 Å². The summed E-state index contributed by atoms with van der Waals surface area (Å²) in [7, 11) is 0. The zero-order valence-electron chi connectivity index (χ0n) is 15.0. The van der Waals surface area contributed by atoms with E-state index in [9.17, 15) is 14.4 Å². The number of hydrogen-bond acceptors (Lipinski definition) is 5. The predicted octanol–water partition coefficient (Wildman–Crippen LogP) is 3.53. The molecule has 0 saturated heterocycles. The molecule has 1 atom stereocenters. The molecule has 0 fully saturated rings. The van der Waals surface area contributed by atoms with Gasteiger partial charge >= 0.3 is 0 Å². The Morgan fingerprint density at radius 2 is 1.71 bits per heavy atom. The first kappa shape index (κ1) is 22.1. The van der Waals surface area contributed by atoms with Crippen molar-refractivity contribution in [3.63, 3.8) is 0 Å². The van der Waals surface area contributed by atoms with Crippen LogP contribution in [0.15, 0.2) is 42.5 Å². The summed E-state index contributed by atoms with van der Waals surface area (Å²) in [6, 6.07) is 11.5. The quantitative estimate of drug-likeness (QED) is 0.583. The van der Waals surface area contributed by atoms with Crippen LogP contribution in [-0.2, 0) is 20.8 Å². The van der Waals surface area contributed by atoms with E-state index in [1.807, 2.05) is 24.3 Å². The predicted molar refractivity (Wildman–Crippen MR) is 114 cm³/mol. The minimum Gasteiger partial charge on any atom is -0.368 e. The fourth-order valence-corrected chi connectivity index (χ4v) is 3.72. The Balaban J connectivity index is 2.07. The molecule has 0 aliphatic carbocycles. The molecule has 0 heterocycles. The van der Waals surface area contributed by atoms with Crippen LogP contribution in [0.25, 0.3) is 0 Å². The number of carbonyl (C=O) groups is 3. The smallest absolute Gasteiger partial charge is 0.240 e. The molecule has 2 rings (SSSR count). The molecule has 0 unspecified atom stereocenters. The van der Waals surface area contributed by atoms with E-state index in [0.717, 1.165) is 17.3 Å². The molecule has 0 radical (unpaired) electrons. The maximum absolute atomic E-state index is 12.4. The molecule has 0 aliphatic rings. The van der Waals surface area contributed by atoms with E-state index in [1.165, 1.54) is 6.92 Å². The molecule has 28 heavy (non-hydrogen) atoms. The van der Waals surface area contributed by atoms with E-state index >= 15 is 0 Å². The Morgan fingerprint density at radius 1 is 1.07 bits per heavy atom. The molecule has 2 aromatic rings. The van der Waals surface area contributed by atoms with Crippen molar-refractivity contribution in [3.05, 3.63) is 58.1 Å². The van der Waals surface area contributed by atoms with Gasteiger partial charge in [0.15, 0.2) is 5.12 Å². The standard InChI is InChI=1S/C19H19Cl2N3O3S/c1-11(25)23-16(19(22)27)10-28-17(26)9-12-5-2-3-8-15(12)24-18-13(20)6-4-7-14(18)21/h2-8,16,24H,9-10H2,1H3,(H2,22,27)(H,23,25)/t16-/m1/s1. The summed E-state index contributed by atoms with van der Waals surface area (Å²) in [4.78, 5) is 34.9. The number of nitrogens with one attached hydrogen (secondary N) is 2. The van der Waals surface area contributed by atoms with Crippen molar-refractivity contribution < 1.29 is 14.4 Å². The number of rotatable bonds is 8. The van der Waals surface area contributed by atoms with Gasteiger partial charge < -0.3 is 16.4 Å². The van der Waals surface area contributed by atoms with Gasteiger partial charge in [0.2, 0.25) is 11.8 Å². The molecule has 0 bridgehead atoms. The average Bonchev–Trinajstić information content (AvgIpc) is 2.62. The Labute approximate surface area is 177 Å². The van der Waals surface area contributed by atoms with Gasteiger partial charge in [0.25, 0.3) is 0 Å². The van der Waals surface area contributed by atoms with Crippen LogP contribution in [0.5, 0.6) is 0 Å². The highest BCUT2D eigenvalue weighted by atomic mass is 35.5. The van der Waals surface area contributed by atoms with Gasteiger partial charge in [0.05, 0.1) is 15.7 Å². The summed E-state index contributed by atoms with van der Waals surface area (Å²) in [5.74, 6) is -1.01. The zero-order valence-corrected chi connectivity index (χ0v) is 17.3. The zero-order chi connectivity index (χ0) is 20.7. The van der Waals surface area contributed by atoms with E-state index in [1.54, 1.807) is 18.2 Å². The van der Waals surface area contributed by atoms with Crippen LogP contribution in [0, 0.1) is 0 Å². The summed E-state index contributed by atoms with van der Waals surface area (Å²) in [5.41, 5.74) is 7.24. The van der Waals surface area contributed by atoms with Gasteiger partial charge in [-0.05, 0) is 23.8 Å². The van der Waals surface area contributed by atoms with Gasteiger partial charge in [-0.15, -0.1) is 0 Å². The summed E-state index contributed by atoms with van der Waals surface area (Å²) in [6.07, 6.45) is 0.113. The van der Waals surface area contributed by atoms with Crippen LogP contribution in [-0.4, -0.2) is 28.7 Å². The number of halogens is 2. The number of carbonyl (C=O) groups excluding carboxylic acids is 3. The van der Waals surface area contributed by atoms with Crippen molar-refractivity contribution in [2.75, 3.05) is 11.1 Å². The highest BCUT2D eigenvalue weighted by molar-refractivity contribution is 8.13. The molecule has 0 saturated carbocycles. The van der Waals surface area contributed by atoms with Crippen molar-refractivity contribution in [1.82, 2.24) is 5.32 Å². The van der Waals surface area contributed by atoms with Crippen molar-refractivity contribution >= 4 is 63.3 Å². The van der Waals surface area contributed by atoms with E-state index in [4.69, 9.17) is 28.9 Å². The van der Waals surface area contributed by atoms with E-state index in [2.05, 4.69) is 10.6 Å². The number of anilines is 2. The summed E-state index contributed by atoms with van der Waals surface area (Å²) < 4.78 is 0. The maximum atomic E-state index is 12.4. The Morgan fingerprint density at radius 3 is 2.32 bits per heavy atom. The molecule has 0 aromatic heterocycles. The number of benzene rings is 2. The first-order chi connectivity index (χ1) is 13.3. The Bertz CT molecular complexity index is 872. The Hall–Kier alpha value is -2.22. The van der Waals surface area contributed by atoms with Crippen molar-refractivity contribution in [2.24, 2.45) is 5.73 Å². The number of primary amides is 1. The van der Waals surface area contributed by atoms with Crippen molar-refractivity contribution in [3.8, 4) is 0 Å². The van der Waals surface area contributed by atoms with E-state index < -0.39 is 11.9 Å². The lowest BCUT2D eigenvalue weighted by atomic mass is 10.1. The molecule has 6 nitrogen and oxygen atoms in total. The van der Waals surface area contributed by atoms with Crippen LogP contribution in [0.3, 0.4) is 0 Å². The SMILES string of the molecule is CC(=O)N[C@H](CSC(=O)Cc1ccccc1Nc1c(Cl)cccc1Cl)C(N)=O. The van der Waals surface area contributed by atoms with Gasteiger partial charge in [0.1, 0.15) is 6.04 Å². The first-order valence-corrected chi connectivity index (χ1v) is 10.0. The van der Waals surface area contributed by atoms with Gasteiger partial charge in [-0.2, -0.15) is 0 Å². The lowest BCUT2D eigenvalue weighted by Crippen LogP contribution is -2.45. The molecule has 0 spiro atoms. The van der Waals surface area contributed by atoms with Crippen LogP contribution in [0.1, 0.15) is 12.5 Å². The molecular formula is C19H19Cl2N3O3S. The third kappa shape index (κ3) is 6.44. The van der Waals surface area contributed by atoms with Crippen LogP contribution in [0.4, 0.5) is 11.4 Å². The second-order valence-electron chi connectivity index (χ2n) is 5.89. The number of hydrogen-bond donors (Lipinski definition) is 3. The number of para-hydroxylation sites is 2. The van der Waals surface area contributed by atoms with Crippen molar-refractivity contribution in [2.45, 2.75) is 19.4 Å². The van der Waals surface area contributed by atoms with Gasteiger partial charge in [-0.25, -0.2) is 0 Å². The minimum atomic E-state index is -0.901. The second kappa shape index (κ2) is 10.4. The molecule has 9 heteroatoms. The molecule has 148 valence electrons. The fourth-order valence-electron chi connectivity index (χ4n) is 2.37. The number of amides is 2. The number of thioether (sulfide) groups is 1. The van der Waals surface area contributed by atoms with E-state index in [-0.39, 0.29) is 23.2 Å². The molecule has 2 aromatic carbocycles. The lowest BCUT2D eigenvalue weighted by molar-refractivity contribution is -0.125. The van der Waals surface area contributed by atoms with Gasteiger partial charge in [-0.3, -0.25) is 14.4 Å². The lowest BCUT2D eigenvalue weighted by Gasteiger charge is -2.15. The summed E-state index contributed by atoms with van der Waals surface area (Å²) >= 11 is 13.3. The third-order valence-corrected chi connectivity index (χ3v) is 5.30. The van der Waals surface area contributed by atoms with Gasteiger partial charge in [-0.1, -0.05) is 59.2 Å². The summed E-state index contributed by atoms with van der Waals surface area (Å²) in [6.45, 7) is 1.28. The fraction of sp³-hybridized carbons (Fsp3) is 0.211. The molecular weight excluding hydrogens is 421 g/mol. The van der Waals surface area contributed by atoms with E-state index in [0.29, 0.717) is 21.4 Å². The topological polar surface area (TPSA) is 101 Å². The highest BCUT2D eigenvalue weighted by Gasteiger charge is 2.19. The number of nitrogens with two attached hydrogens (primary N) is 1. The molecule has 2 amide bonds. The third-order valence-electron chi connectivity index (χ3n) is 3.71. The van der Waals surface area contributed by atoms with Crippen LogP contribution < -0.4 is 16.4 Å². The van der Waals surface area contributed by atoms with Crippen molar-refractivity contribution in [1.29, 1.82) is 0 Å². The Kier molecular flexibility index (Phi) is 8.17. The van der Waals surface area contributed by atoms with Gasteiger partial charge in [0, 0.05) is 24.8 Å². The van der Waals surface area contributed by atoms with Crippen LogP contribution >= 0.6 is 35.0 Å². The summed E-state index contributed by atoms with van der Waals surface area (Å²) in [5, 5.41) is 6.35. The largest absolute Gasteiger partial charge is 0.368 e. The molecule has 4 N–H and O–H groups in total. The minimum absolute atomic E-state index is 0.0691. The maximum Gasteiger partial charge on any atom is 0.240 e. The monoisotopic (exact) mass is 439 g/mol. The first-order valence-electron chi connectivity index (χ1n) is 8.29. The normalized spacial score (nSPS) is 11.5. The highest BCUT2D eigenvalue weighted by Crippen LogP contribution is 2.33. The molecule has 0 aliphatic heterocycles.